The average Bonchev–Trinajstić information content (AvgIpc) is 3.17. The summed E-state index contributed by atoms with van der Waals surface area (Å²) >= 11 is 0. The fourth-order valence-corrected chi connectivity index (χ4v) is 6.25. The first-order chi connectivity index (χ1) is 17.9. The zero-order valence-corrected chi connectivity index (χ0v) is 20.4. The number of imide groups is 1. The molecule has 3 heterocycles. The molecule has 2 aromatic rings. The third kappa shape index (κ3) is 4.39. The Bertz CT molecular complexity index is 1260. The summed E-state index contributed by atoms with van der Waals surface area (Å²) < 4.78 is 34.4. The molecule has 1 aliphatic carbocycles. The zero-order chi connectivity index (χ0) is 25.7. The van der Waals surface area contributed by atoms with E-state index in [2.05, 4.69) is 10.2 Å². The van der Waals surface area contributed by atoms with Crippen molar-refractivity contribution < 1.29 is 27.9 Å². The molecule has 3 aliphatic heterocycles. The Balaban J connectivity index is 1.12. The standard InChI is InChI=1S/C28H29F2N3O4/c29-21-5-3-4-19(26(21)30)17-13-32(14-17)22-6-1-2-7-24(22)37-18-8-9-20-16(12-18)15-33(28(20)36)23-10-11-25(34)31-27(23)35/h3-5,8-9,12,17,22-24H,1-2,6-7,10-11,13-15H2,(H,31,34,35)/t22-,23?,24+/m1/s1. The van der Waals surface area contributed by atoms with Gasteiger partial charge in [0.05, 0.1) is 0 Å². The average molecular weight is 510 g/mol. The predicted molar refractivity (Wildman–Crippen MR) is 130 cm³/mol. The quantitative estimate of drug-likeness (QED) is 0.625. The van der Waals surface area contributed by atoms with Crippen molar-refractivity contribution in [1.29, 1.82) is 0 Å². The number of carbonyl (C=O) groups excluding carboxylic acids is 3. The molecule has 3 atom stereocenters. The summed E-state index contributed by atoms with van der Waals surface area (Å²) in [5.74, 6) is -1.83. The lowest BCUT2D eigenvalue weighted by molar-refractivity contribution is -0.136. The maximum Gasteiger partial charge on any atom is 0.255 e. The molecule has 9 heteroatoms. The van der Waals surface area contributed by atoms with Crippen molar-refractivity contribution in [2.45, 2.75) is 69.2 Å². The summed E-state index contributed by atoms with van der Waals surface area (Å²) in [7, 11) is 0. The molecule has 4 aliphatic rings. The smallest absolute Gasteiger partial charge is 0.255 e. The van der Waals surface area contributed by atoms with Gasteiger partial charge in [-0.2, -0.15) is 0 Å². The van der Waals surface area contributed by atoms with Crippen LogP contribution in [0, 0.1) is 11.6 Å². The Labute approximate surface area is 213 Å². The van der Waals surface area contributed by atoms with Gasteiger partial charge < -0.3 is 9.64 Å². The molecule has 0 bridgehead atoms. The summed E-state index contributed by atoms with van der Waals surface area (Å²) in [6.07, 6.45) is 4.55. The molecule has 7 nitrogen and oxygen atoms in total. The number of rotatable bonds is 5. The third-order valence-corrected chi connectivity index (χ3v) is 8.25. The molecule has 194 valence electrons. The second kappa shape index (κ2) is 9.52. The highest BCUT2D eigenvalue weighted by molar-refractivity contribution is 6.05. The molecule has 37 heavy (non-hydrogen) atoms. The third-order valence-electron chi connectivity index (χ3n) is 8.25. The summed E-state index contributed by atoms with van der Waals surface area (Å²) in [4.78, 5) is 40.6. The van der Waals surface area contributed by atoms with Gasteiger partial charge in [-0.1, -0.05) is 18.6 Å². The van der Waals surface area contributed by atoms with Gasteiger partial charge >= 0.3 is 0 Å². The molecular formula is C28H29F2N3O4. The molecule has 6 rings (SSSR count). The Morgan fingerprint density at radius 3 is 2.59 bits per heavy atom. The van der Waals surface area contributed by atoms with Crippen LogP contribution < -0.4 is 10.1 Å². The van der Waals surface area contributed by atoms with Crippen LogP contribution in [0.1, 0.15) is 65.9 Å². The number of nitrogens with zero attached hydrogens (tertiary/aromatic N) is 2. The highest BCUT2D eigenvalue weighted by Gasteiger charge is 2.41. The van der Waals surface area contributed by atoms with Crippen molar-refractivity contribution in [3.8, 4) is 5.75 Å². The number of likely N-dealkylation sites (tertiary alicyclic amines) is 1. The number of halogens is 2. The number of nitrogens with one attached hydrogen (secondary N) is 1. The lowest BCUT2D eigenvalue weighted by Crippen LogP contribution is -2.57. The van der Waals surface area contributed by atoms with Crippen molar-refractivity contribution in [1.82, 2.24) is 15.1 Å². The molecule has 1 N–H and O–H groups in total. The molecule has 1 unspecified atom stereocenters. The van der Waals surface area contributed by atoms with Gasteiger partial charge in [-0.25, -0.2) is 8.78 Å². The number of benzene rings is 2. The van der Waals surface area contributed by atoms with E-state index in [4.69, 9.17) is 4.74 Å². The lowest BCUT2D eigenvalue weighted by Gasteiger charge is -2.48. The second-order valence-electron chi connectivity index (χ2n) is 10.5. The van der Waals surface area contributed by atoms with E-state index >= 15 is 0 Å². The van der Waals surface area contributed by atoms with Crippen LogP contribution in [0.15, 0.2) is 36.4 Å². The van der Waals surface area contributed by atoms with Gasteiger partial charge in [0.25, 0.3) is 5.91 Å². The van der Waals surface area contributed by atoms with Crippen LogP contribution in [0.3, 0.4) is 0 Å². The maximum atomic E-state index is 14.2. The van der Waals surface area contributed by atoms with E-state index in [0.29, 0.717) is 42.9 Å². The minimum atomic E-state index is -0.805. The minimum absolute atomic E-state index is 0.0254. The number of ether oxygens (including phenoxy) is 1. The summed E-state index contributed by atoms with van der Waals surface area (Å²) in [5, 5.41) is 2.32. The first-order valence-corrected chi connectivity index (χ1v) is 13.0. The van der Waals surface area contributed by atoms with E-state index in [1.165, 1.54) is 4.90 Å². The number of piperidine rings is 1. The molecule has 1 saturated carbocycles. The second-order valence-corrected chi connectivity index (χ2v) is 10.5. The minimum Gasteiger partial charge on any atom is -0.489 e. The largest absolute Gasteiger partial charge is 0.489 e. The van der Waals surface area contributed by atoms with Gasteiger partial charge in [0.2, 0.25) is 11.8 Å². The van der Waals surface area contributed by atoms with E-state index < -0.39 is 23.6 Å². The van der Waals surface area contributed by atoms with E-state index in [9.17, 15) is 23.2 Å². The van der Waals surface area contributed by atoms with E-state index in [-0.39, 0.29) is 36.3 Å². The van der Waals surface area contributed by atoms with Gasteiger partial charge in [-0.05, 0) is 61.1 Å². The Morgan fingerprint density at radius 2 is 1.78 bits per heavy atom. The Kier molecular flexibility index (Phi) is 6.18. The molecule has 2 saturated heterocycles. The highest BCUT2D eigenvalue weighted by atomic mass is 19.2. The topological polar surface area (TPSA) is 79.0 Å². The van der Waals surface area contributed by atoms with Crippen molar-refractivity contribution in [2.24, 2.45) is 0 Å². The molecule has 0 spiro atoms. The van der Waals surface area contributed by atoms with Gasteiger partial charge in [0, 0.05) is 43.6 Å². The zero-order valence-electron chi connectivity index (χ0n) is 20.4. The molecular weight excluding hydrogens is 480 g/mol. The number of hydrogen-bond acceptors (Lipinski definition) is 5. The van der Waals surface area contributed by atoms with Crippen molar-refractivity contribution in [2.75, 3.05) is 13.1 Å². The predicted octanol–water partition coefficient (Wildman–Crippen LogP) is 3.52. The fourth-order valence-electron chi connectivity index (χ4n) is 6.25. The summed E-state index contributed by atoms with van der Waals surface area (Å²) in [5.41, 5.74) is 1.80. The fraction of sp³-hybridized carbons (Fsp3) is 0.464. The molecule has 3 amide bonds. The van der Waals surface area contributed by atoms with Crippen LogP contribution in [0.2, 0.25) is 0 Å². The number of amides is 3. The Hall–Kier alpha value is -3.33. The molecule has 3 fully saturated rings. The first kappa shape index (κ1) is 24.0. The normalized spacial score (nSPS) is 26.6. The van der Waals surface area contributed by atoms with Crippen LogP contribution in [-0.4, -0.2) is 58.8 Å². The Morgan fingerprint density at radius 1 is 0.973 bits per heavy atom. The van der Waals surface area contributed by atoms with Gasteiger partial charge in [-0.3, -0.25) is 24.6 Å². The van der Waals surface area contributed by atoms with Crippen LogP contribution in [-0.2, 0) is 16.1 Å². The van der Waals surface area contributed by atoms with Crippen LogP contribution in [0.4, 0.5) is 8.78 Å². The van der Waals surface area contributed by atoms with Gasteiger partial charge in [0.1, 0.15) is 17.9 Å². The summed E-state index contributed by atoms with van der Waals surface area (Å²) in [6, 6.07) is 9.35. The van der Waals surface area contributed by atoms with Crippen molar-refractivity contribution >= 4 is 17.7 Å². The highest BCUT2D eigenvalue weighted by Crippen LogP contribution is 2.37. The number of fused-ring (bicyclic) bond motifs is 1. The molecule has 0 radical (unpaired) electrons. The number of carbonyl (C=O) groups is 3. The molecule has 2 aromatic carbocycles. The van der Waals surface area contributed by atoms with Crippen LogP contribution in [0.5, 0.6) is 5.75 Å². The van der Waals surface area contributed by atoms with Crippen LogP contribution >= 0.6 is 0 Å². The van der Waals surface area contributed by atoms with E-state index in [0.717, 1.165) is 37.3 Å². The number of hydrogen-bond donors (Lipinski definition) is 1. The van der Waals surface area contributed by atoms with Gasteiger partial charge in [0.15, 0.2) is 11.6 Å². The van der Waals surface area contributed by atoms with Crippen LogP contribution in [0.25, 0.3) is 0 Å². The van der Waals surface area contributed by atoms with Crippen molar-refractivity contribution in [3.05, 3.63) is 64.7 Å². The van der Waals surface area contributed by atoms with Crippen molar-refractivity contribution in [3.63, 3.8) is 0 Å². The van der Waals surface area contributed by atoms with Gasteiger partial charge in [-0.15, -0.1) is 0 Å². The van der Waals surface area contributed by atoms with E-state index in [1.54, 1.807) is 24.3 Å². The summed E-state index contributed by atoms with van der Waals surface area (Å²) in [6.45, 7) is 1.65. The monoisotopic (exact) mass is 509 g/mol. The first-order valence-electron chi connectivity index (χ1n) is 13.0. The molecule has 0 aromatic heterocycles. The SMILES string of the molecule is O=C1CCC(N2Cc3cc(O[C@H]4CCCC[C@H]4N4CC(c5cccc(F)c5F)C4)ccc3C2=O)C(=O)N1. The van der Waals surface area contributed by atoms with E-state index in [1.807, 2.05) is 6.07 Å². The lowest BCUT2D eigenvalue weighted by atomic mass is 9.84. The maximum absolute atomic E-state index is 14.2.